The Morgan fingerprint density at radius 3 is 2.23 bits per heavy atom. The molecule has 0 saturated carbocycles. The lowest BCUT2D eigenvalue weighted by Gasteiger charge is -2.21. The predicted molar refractivity (Wildman–Crippen MR) is 106 cm³/mol. The third kappa shape index (κ3) is 4.84. The van der Waals surface area contributed by atoms with Gasteiger partial charge in [-0.3, -0.25) is 10.1 Å². The highest BCUT2D eigenvalue weighted by Gasteiger charge is 2.19. The fraction of sp³-hybridized carbons (Fsp3) is 0.455. The molecule has 2 rings (SSSR count). The highest BCUT2D eigenvalue weighted by molar-refractivity contribution is 5.51. The maximum absolute atomic E-state index is 11.1. The standard InChI is InChI=1S/C22H29NO3/c1-6-7-22(19-10-8-18(9-11-19)14-15(2)3)26-21-13-12-20(23(24)25)16(4)17(21)5/h8-13,15,22H,6-7,14H2,1-5H3. The monoisotopic (exact) mass is 355 g/mol. The molecule has 4 nitrogen and oxygen atoms in total. The van der Waals surface area contributed by atoms with Crippen molar-refractivity contribution in [1.29, 1.82) is 0 Å². The molecule has 0 aliphatic heterocycles. The SMILES string of the molecule is CCCC(Oc1ccc([N+](=O)[O-])c(C)c1C)c1ccc(CC(C)C)cc1. The van der Waals surface area contributed by atoms with Gasteiger partial charge in [0.1, 0.15) is 11.9 Å². The molecule has 0 aliphatic rings. The summed E-state index contributed by atoms with van der Waals surface area (Å²) in [6.07, 6.45) is 2.93. The maximum Gasteiger partial charge on any atom is 0.272 e. The molecule has 0 fully saturated rings. The number of nitro benzene ring substituents is 1. The van der Waals surface area contributed by atoms with Gasteiger partial charge < -0.3 is 4.74 Å². The quantitative estimate of drug-likeness (QED) is 0.410. The van der Waals surface area contributed by atoms with E-state index < -0.39 is 0 Å². The number of ether oxygens (including phenoxy) is 1. The smallest absolute Gasteiger partial charge is 0.272 e. The third-order valence-corrected chi connectivity index (χ3v) is 4.72. The topological polar surface area (TPSA) is 52.4 Å². The van der Waals surface area contributed by atoms with Crippen molar-refractivity contribution in [2.45, 2.75) is 60.0 Å². The van der Waals surface area contributed by atoms with Crippen LogP contribution in [0.4, 0.5) is 5.69 Å². The van der Waals surface area contributed by atoms with E-state index >= 15 is 0 Å². The molecule has 0 bridgehead atoms. The zero-order valence-electron chi connectivity index (χ0n) is 16.4. The average Bonchev–Trinajstić information content (AvgIpc) is 2.58. The minimum Gasteiger partial charge on any atom is -0.485 e. The molecule has 26 heavy (non-hydrogen) atoms. The fourth-order valence-electron chi connectivity index (χ4n) is 3.16. The lowest BCUT2D eigenvalue weighted by Crippen LogP contribution is -2.09. The summed E-state index contributed by atoms with van der Waals surface area (Å²) in [4.78, 5) is 10.8. The van der Waals surface area contributed by atoms with E-state index in [1.807, 2.05) is 6.92 Å². The van der Waals surface area contributed by atoms with Gasteiger partial charge in [0.05, 0.1) is 4.92 Å². The van der Waals surface area contributed by atoms with Crippen LogP contribution in [-0.4, -0.2) is 4.92 Å². The van der Waals surface area contributed by atoms with Crippen molar-refractivity contribution in [2.75, 3.05) is 0 Å². The molecule has 0 aliphatic carbocycles. The Kier molecular flexibility index (Phi) is 6.78. The first-order chi connectivity index (χ1) is 12.3. The molecule has 2 aromatic carbocycles. The van der Waals surface area contributed by atoms with Crippen LogP contribution < -0.4 is 4.74 Å². The van der Waals surface area contributed by atoms with E-state index in [-0.39, 0.29) is 16.7 Å². The molecule has 1 unspecified atom stereocenters. The van der Waals surface area contributed by atoms with Crippen molar-refractivity contribution >= 4 is 5.69 Å². The van der Waals surface area contributed by atoms with E-state index in [4.69, 9.17) is 4.74 Å². The van der Waals surface area contributed by atoms with Crippen molar-refractivity contribution in [3.05, 3.63) is 68.8 Å². The molecule has 0 N–H and O–H groups in total. The molecule has 1 atom stereocenters. The fourth-order valence-corrected chi connectivity index (χ4v) is 3.16. The summed E-state index contributed by atoms with van der Waals surface area (Å²) >= 11 is 0. The number of rotatable bonds is 8. The van der Waals surface area contributed by atoms with E-state index in [0.717, 1.165) is 36.1 Å². The minimum absolute atomic E-state index is 0.0485. The molecule has 0 radical (unpaired) electrons. The van der Waals surface area contributed by atoms with E-state index in [0.29, 0.717) is 11.5 Å². The Morgan fingerprint density at radius 2 is 1.69 bits per heavy atom. The molecule has 0 saturated heterocycles. The molecule has 0 amide bonds. The Hall–Kier alpha value is -2.36. The lowest BCUT2D eigenvalue weighted by molar-refractivity contribution is -0.385. The van der Waals surface area contributed by atoms with Crippen LogP contribution in [-0.2, 0) is 6.42 Å². The van der Waals surface area contributed by atoms with Crippen LogP contribution in [0.25, 0.3) is 0 Å². The van der Waals surface area contributed by atoms with Gasteiger partial charge in [-0.1, -0.05) is 51.5 Å². The Balaban J connectivity index is 2.25. The molecule has 2 aromatic rings. The van der Waals surface area contributed by atoms with E-state index in [2.05, 4.69) is 45.0 Å². The van der Waals surface area contributed by atoms with E-state index in [1.165, 1.54) is 11.6 Å². The summed E-state index contributed by atoms with van der Waals surface area (Å²) in [6, 6.07) is 11.9. The second kappa shape index (κ2) is 8.84. The largest absolute Gasteiger partial charge is 0.485 e. The Morgan fingerprint density at radius 1 is 1.04 bits per heavy atom. The highest BCUT2D eigenvalue weighted by Crippen LogP contribution is 2.33. The highest BCUT2D eigenvalue weighted by atomic mass is 16.6. The van der Waals surface area contributed by atoms with Crippen molar-refractivity contribution in [3.8, 4) is 5.75 Å². The molecule has 0 aromatic heterocycles. The van der Waals surface area contributed by atoms with Gasteiger partial charge >= 0.3 is 0 Å². The summed E-state index contributed by atoms with van der Waals surface area (Å²) in [7, 11) is 0. The summed E-state index contributed by atoms with van der Waals surface area (Å²) < 4.78 is 6.29. The Bertz CT molecular complexity index is 751. The van der Waals surface area contributed by atoms with Crippen LogP contribution in [0.5, 0.6) is 5.75 Å². The van der Waals surface area contributed by atoms with Crippen LogP contribution in [0.15, 0.2) is 36.4 Å². The number of benzene rings is 2. The van der Waals surface area contributed by atoms with Crippen molar-refractivity contribution < 1.29 is 9.66 Å². The summed E-state index contributed by atoms with van der Waals surface area (Å²) in [5, 5.41) is 11.1. The molecular weight excluding hydrogens is 326 g/mol. The normalized spacial score (nSPS) is 12.2. The number of nitrogens with zero attached hydrogens (tertiary/aromatic N) is 1. The molecular formula is C22H29NO3. The van der Waals surface area contributed by atoms with Crippen molar-refractivity contribution in [2.24, 2.45) is 5.92 Å². The van der Waals surface area contributed by atoms with Crippen molar-refractivity contribution in [3.63, 3.8) is 0 Å². The molecule has 4 heteroatoms. The van der Waals surface area contributed by atoms with Crippen LogP contribution in [0.3, 0.4) is 0 Å². The third-order valence-electron chi connectivity index (χ3n) is 4.72. The summed E-state index contributed by atoms with van der Waals surface area (Å²) in [5.74, 6) is 1.35. The van der Waals surface area contributed by atoms with Gasteiger partial charge in [-0.05, 0) is 49.8 Å². The number of hydrogen-bond donors (Lipinski definition) is 0. The number of hydrogen-bond acceptors (Lipinski definition) is 3. The van der Waals surface area contributed by atoms with Gasteiger partial charge in [-0.2, -0.15) is 0 Å². The zero-order valence-corrected chi connectivity index (χ0v) is 16.4. The predicted octanol–water partition coefficient (Wildman–Crippen LogP) is 6.33. The molecule has 0 heterocycles. The van der Waals surface area contributed by atoms with E-state index in [1.54, 1.807) is 13.0 Å². The molecule has 140 valence electrons. The summed E-state index contributed by atoms with van der Waals surface area (Å²) in [5.41, 5.74) is 4.11. The number of nitro groups is 1. The van der Waals surface area contributed by atoms with Crippen LogP contribution in [0.2, 0.25) is 0 Å². The van der Waals surface area contributed by atoms with Crippen LogP contribution in [0, 0.1) is 29.9 Å². The van der Waals surface area contributed by atoms with Crippen LogP contribution in [0.1, 0.15) is 62.0 Å². The molecule has 0 spiro atoms. The average molecular weight is 355 g/mol. The van der Waals surface area contributed by atoms with Crippen LogP contribution >= 0.6 is 0 Å². The van der Waals surface area contributed by atoms with Gasteiger partial charge in [-0.25, -0.2) is 0 Å². The first-order valence-electron chi connectivity index (χ1n) is 9.33. The first kappa shape index (κ1) is 20.0. The van der Waals surface area contributed by atoms with Gasteiger partial charge in [-0.15, -0.1) is 0 Å². The maximum atomic E-state index is 11.1. The van der Waals surface area contributed by atoms with Gasteiger partial charge in [0.2, 0.25) is 0 Å². The zero-order chi connectivity index (χ0) is 19.3. The lowest BCUT2D eigenvalue weighted by atomic mass is 9.98. The summed E-state index contributed by atoms with van der Waals surface area (Å²) in [6.45, 7) is 10.2. The Labute approximate surface area is 156 Å². The first-order valence-corrected chi connectivity index (χ1v) is 9.33. The van der Waals surface area contributed by atoms with Gasteiger partial charge in [0, 0.05) is 17.2 Å². The van der Waals surface area contributed by atoms with Gasteiger partial charge in [0.25, 0.3) is 5.69 Å². The van der Waals surface area contributed by atoms with Crippen molar-refractivity contribution in [1.82, 2.24) is 0 Å². The second-order valence-corrected chi connectivity index (χ2v) is 7.32. The second-order valence-electron chi connectivity index (χ2n) is 7.32. The van der Waals surface area contributed by atoms with E-state index in [9.17, 15) is 10.1 Å². The minimum atomic E-state index is -0.344. The van der Waals surface area contributed by atoms with Gasteiger partial charge in [0.15, 0.2) is 0 Å².